The first-order valence-electron chi connectivity index (χ1n) is 7.37. The van der Waals surface area contributed by atoms with Crippen LogP contribution in [0, 0.1) is 5.92 Å². The molecule has 1 atom stereocenters. The third kappa shape index (κ3) is 4.10. The van der Waals surface area contributed by atoms with Gasteiger partial charge in [-0.15, -0.1) is 0 Å². The summed E-state index contributed by atoms with van der Waals surface area (Å²) in [6.07, 6.45) is 0.0257. The van der Waals surface area contributed by atoms with Crippen LogP contribution in [-0.4, -0.2) is 25.3 Å². The van der Waals surface area contributed by atoms with Gasteiger partial charge in [0.2, 0.25) is 0 Å². The van der Waals surface area contributed by atoms with Crippen LogP contribution >= 0.6 is 0 Å². The molecule has 0 bridgehead atoms. The van der Waals surface area contributed by atoms with Gasteiger partial charge in [-0.05, 0) is 30.0 Å². The average Bonchev–Trinajstić information content (AvgIpc) is 2.80. The van der Waals surface area contributed by atoms with E-state index in [9.17, 15) is 9.59 Å². The van der Waals surface area contributed by atoms with Gasteiger partial charge in [-0.2, -0.15) is 0 Å². The van der Waals surface area contributed by atoms with Gasteiger partial charge in [0.05, 0.1) is 13.2 Å². The molecule has 1 aromatic carbocycles. The molecule has 22 heavy (non-hydrogen) atoms. The molecule has 0 radical (unpaired) electrons. The van der Waals surface area contributed by atoms with Crippen molar-refractivity contribution in [1.29, 1.82) is 0 Å². The smallest absolute Gasteiger partial charge is 0.411 e. The van der Waals surface area contributed by atoms with Gasteiger partial charge in [0, 0.05) is 17.2 Å². The van der Waals surface area contributed by atoms with E-state index in [4.69, 9.17) is 9.47 Å². The molecule has 2 rings (SSSR count). The van der Waals surface area contributed by atoms with Gasteiger partial charge in [-0.3, -0.25) is 5.32 Å². The molecular formula is C17H21NO4. The molecule has 1 amide bonds. The Bertz CT molecular complexity index is 563. The second-order valence-corrected chi connectivity index (χ2v) is 5.65. The van der Waals surface area contributed by atoms with Gasteiger partial charge in [0.1, 0.15) is 0 Å². The lowest BCUT2D eigenvalue weighted by molar-refractivity contribution is -0.135. The number of esters is 1. The third-order valence-electron chi connectivity index (χ3n) is 3.69. The van der Waals surface area contributed by atoms with E-state index in [0.717, 1.165) is 0 Å². The SMILES string of the molecule is C=C1C(=O)OC[C@H]1CCOC(=O)Nc1ccc(C(C)C)cc1. The molecule has 0 saturated carbocycles. The van der Waals surface area contributed by atoms with E-state index in [2.05, 4.69) is 25.7 Å². The standard InChI is InChI=1S/C17H21NO4/c1-11(2)13-4-6-15(7-5-13)18-17(20)21-9-8-14-10-22-16(19)12(14)3/h4-7,11,14H,3,8-10H2,1-2H3,(H,18,20)/t14-/m1/s1. The zero-order valence-electron chi connectivity index (χ0n) is 12.9. The minimum Gasteiger partial charge on any atom is -0.462 e. The molecule has 0 spiro atoms. The normalized spacial score (nSPS) is 17.5. The number of benzene rings is 1. The maximum absolute atomic E-state index is 11.7. The number of hydrogen-bond donors (Lipinski definition) is 1. The Morgan fingerprint density at radius 2 is 2.09 bits per heavy atom. The van der Waals surface area contributed by atoms with E-state index >= 15 is 0 Å². The first kappa shape index (κ1) is 16.1. The van der Waals surface area contributed by atoms with E-state index in [0.29, 0.717) is 30.2 Å². The highest BCUT2D eigenvalue weighted by Crippen LogP contribution is 2.22. The first-order valence-corrected chi connectivity index (χ1v) is 7.37. The highest BCUT2D eigenvalue weighted by atomic mass is 16.6. The van der Waals surface area contributed by atoms with Gasteiger partial charge in [0.15, 0.2) is 0 Å². The highest BCUT2D eigenvalue weighted by molar-refractivity contribution is 5.90. The number of cyclic esters (lactones) is 1. The van der Waals surface area contributed by atoms with Crippen molar-refractivity contribution >= 4 is 17.7 Å². The Hall–Kier alpha value is -2.30. The molecule has 1 saturated heterocycles. The Morgan fingerprint density at radius 3 is 2.64 bits per heavy atom. The lowest BCUT2D eigenvalue weighted by atomic mass is 10.0. The summed E-state index contributed by atoms with van der Waals surface area (Å²) >= 11 is 0. The summed E-state index contributed by atoms with van der Waals surface area (Å²) in [5.74, 6) is 0.0239. The molecular weight excluding hydrogens is 282 g/mol. The van der Waals surface area contributed by atoms with Crippen LogP contribution in [0.15, 0.2) is 36.4 Å². The Morgan fingerprint density at radius 1 is 1.41 bits per heavy atom. The lowest BCUT2D eigenvalue weighted by Gasteiger charge is -2.10. The predicted octanol–water partition coefficient (Wildman–Crippen LogP) is 3.48. The van der Waals surface area contributed by atoms with E-state index < -0.39 is 6.09 Å². The van der Waals surface area contributed by atoms with Crippen molar-refractivity contribution in [3.05, 3.63) is 42.0 Å². The van der Waals surface area contributed by atoms with E-state index in [1.54, 1.807) is 0 Å². The first-order chi connectivity index (χ1) is 10.5. The van der Waals surface area contributed by atoms with Crippen LogP contribution in [0.1, 0.15) is 31.7 Å². The number of ether oxygens (including phenoxy) is 2. The minimum absolute atomic E-state index is 0.0642. The van der Waals surface area contributed by atoms with Gasteiger partial charge in [-0.1, -0.05) is 32.6 Å². The van der Waals surface area contributed by atoms with Gasteiger partial charge in [-0.25, -0.2) is 9.59 Å². The van der Waals surface area contributed by atoms with Crippen LogP contribution in [0.4, 0.5) is 10.5 Å². The molecule has 0 aliphatic carbocycles. The molecule has 1 aliphatic heterocycles. The van der Waals surface area contributed by atoms with Crippen LogP contribution in [0.5, 0.6) is 0 Å². The van der Waals surface area contributed by atoms with Crippen molar-refractivity contribution in [2.75, 3.05) is 18.5 Å². The average molecular weight is 303 g/mol. The van der Waals surface area contributed by atoms with Crippen molar-refractivity contribution < 1.29 is 19.1 Å². The highest BCUT2D eigenvalue weighted by Gasteiger charge is 2.28. The quantitative estimate of drug-likeness (QED) is 0.668. The van der Waals surface area contributed by atoms with Crippen LogP contribution in [0.2, 0.25) is 0 Å². The second-order valence-electron chi connectivity index (χ2n) is 5.65. The lowest BCUT2D eigenvalue weighted by Crippen LogP contribution is -2.16. The topological polar surface area (TPSA) is 64.6 Å². The Balaban J connectivity index is 1.74. The largest absolute Gasteiger partial charge is 0.462 e. The van der Waals surface area contributed by atoms with Crippen LogP contribution < -0.4 is 5.32 Å². The van der Waals surface area contributed by atoms with Gasteiger partial charge < -0.3 is 9.47 Å². The van der Waals surface area contributed by atoms with Crippen molar-refractivity contribution in [3.63, 3.8) is 0 Å². The van der Waals surface area contributed by atoms with Crippen molar-refractivity contribution in [1.82, 2.24) is 0 Å². The molecule has 1 aromatic rings. The maximum atomic E-state index is 11.7. The summed E-state index contributed by atoms with van der Waals surface area (Å²) in [5.41, 5.74) is 2.36. The molecule has 1 N–H and O–H groups in total. The summed E-state index contributed by atoms with van der Waals surface area (Å²) in [5, 5.41) is 2.67. The summed E-state index contributed by atoms with van der Waals surface area (Å²) in [4.78, 5) is 22.9. The molecule has 1 aliphatic rings. The number of rotatable bonds is 5. The molecule has 0 unspecified atom stereocenters. The molecule has 5 nitrogen and oxygen atoms in total. The minimum atomic E-state index is -0.506. The summed E-state index contributed by atoms with van der Waals surface area (Å²) < 4.78 is 9.98. The van der Waals surface area contributed by atoms with Gasteiger partial charge in [0.25, 0.3) is 0 Å². The van der Waals surface area contributed by atoms with E-state index in [1.165, 1.54) is 5.56 Å². The molecule has 0 aromatic heterocycles. The monoisotopic (exact) mass is 303 g/mol. The zero-order valence-corrected chi connectivity index (χ0v) is 12.9. The van der Waals surface area contributed by atoms with Crippen LogP contribution in [0.25, 0.3) is 0 Å². The third-order valence-corrected chi connectivity index (χ3v) is 3.69. The fourth-order valence-corrected chi connectivity index (χ4v) is 2.19. The number of carbonyl (C=O) groups excluding carboxylic acids is 2. The molecule has 1 fully saturated rings. The number of hydrogen-bond acceptors (Lipinski definition) is 4. The maximum Gasteiger partial charge on any atom is 0.411 e. The molecule has 1 heterocycles. The fourth-order valence-electron chi connectivity index (χ4n) is 2.19. The zero-order chi connectivity index (χ0) is 16.1. The molecule has 118 valence electrons. The second kappa shape index (κ2) is 7.11. The predicted molar refractivity (Wildman–Crippen MR) is 83.7 cm³/mol. The number of carbonyl (C=O) groups is 2. The van der Waals surface area contributed by atoms with E-state index in [1.807, 2.05) is 24.3 Å². The Labute approximate surface area is 130 Å². The van der Waals surface area contributed by atoms with Crippen LogP contribution in [0.3, 0.4) is 0 Å². The van der Waals surface area contributed by atoms with Crippen molar-refractivity contribution in [2.45, 2.75) is 26.2 Å². The molecule has 5 heteroatoms. The number of amides is 1. The van der Waals surface area contributed by atoms with Crippen LogP contribution in [-0.2, 0) is 14.3 Å². The summed E-state index contributed by atoms with van der Waals surface area (Å²) in [6.45, 7) is 8.44. The van der Waals surface area contributed by atoms with Crippen molar-refractivity contribution in [3.8, 4) is 0 Å². The summed E-state index contributed by atoms with van der Waals surface area (Å²) in [6, 6.07) is 7.65. The summed E-state index contributed by atoms with van der Waals surface area (Å²) in [7, 11) is 0. The fraction of sp³-hybridized carbons (Fsp3) is 0.412. The van der Waals surface area contributed by atoms with E-state index in [-0.39, 0.29) is 18.5 Å². The Kier molecular flexibility index (Phi) is 5.20. The number of nitrogens with one attached hydrogen (secondary N) is 1. The number of anilines is 1. The van der Waals surface area contributed by atoms with Gasteiger partial charge >= 0.3 is 12.1 Å². The van der Waals surface area contributed by atoms with Crippen molar-refractivity contribution in [2.24, 2.45) is 5.92 Å².